The Balaban J connectivity index is 1.68. The van der Waals surface area contributed by atoms with E-state index in [0.29, 0.717) is 11.4 Å². The second-order valence-corrected chi connectivity index (χ2v) is 9.77. The Morgan fingerprint density at radius 1 is 0.971 bits per heavy atom. The van der Waals surface area contributed by atoms with Crippen molar-refractivity contribution in [2.45, 2.75) is 25.1 Å². The summed E-state index contributed by atoms with van der Waals surface area (Å²) in [5.41, 5.74) is 1.93. The predicted molar refractivity (Wildman–Crippen MR) is 141 cm³/mol. The molecule has 0 radical (unpaired) electrons. The van der Waals surface area contributed by atoms with Crippen LogP contribution in [0.25, 0.3) is 11.1 Å². The van der Waals surface area contributed by atoms with Crippen LogP contribution in [0.1, 0.15) is 20.1 Å². The van der Waals surface area contributed by atoms with Crippen molar-refractivity contribution in [2.24, 2.45) is 11.3 Å². The molecule has 6 nitrogen and oxygen atoms in total. The van der Waals surface area contributed by atoms with Crippen molar-refractivity contribution in [3.05, 3.63) is 104 Å². The van der Waals surface area contributed by atoms with E-state index in [2.05, 4.69) is 26.2 Å². The van der Waals surface area contributed by atoms with Crippen molar-refractivity contribution >= 4 is 27.5 Å². The lowest BCUT2D eigenvalue weighted by atomic mass is 9.77. The zero-order chi connectivity index (χ0) is 24.8. The number of halogens is 1. The van der Waals surface area contributed by atoms with Crippen LogP contribution in [0.2, 0.25) is 0 Å². The summed E-state index contributed by atoms with van der Waals surface area (Å²) < 4.78 is 8.18. The molecule has 0 saturated carbocycles. The summed E-state index contributed by atoms with van der Waals surface area (Å²) in [4.78, 5) is 17.8. The molecule has 0 aliphatic carbocycles. The third kappa shape index (κ3) is 5.81. The van der Waals surface area contributed by atoms with Gasteiger partial charge in [0.15, 0.2) is 6.23 Å². The maximum absolute atomic E-state index is 13.7. The van der Waals surface area contributed by atoms with Gasteiger partial charge in [-0.1, -0.05) is 90.4 Å². The van der Waals surface area contributed by atoms with Crippen molar-refractivity contribution in [3.8, 4) is 16.9 Å². The van der Waals surface area contributed by atoms with Gasteiger partial charge in [0.05, 0.1) is 6.33 Å². The molecule has 7 heteroatoms. The quantitative estimate of drug-likeness (QED) is 0.254. The number of para-hydroxylation sites is 1. The third-order valence-corrected chi connectivity index (χ3v) is 7.24. The van der Waals surface area contributed by atoms with Crippen LogP contribution in [0.3, 0.4) is 0 Å². The van der Waals surface area contributed by atoms with Gasteiger partial charge in [0, 0.05) is 23.5 Å². The first-order valence-corrected chi connectivity index (χ1v) is 12.3. The zero-order valence-electron chi connectivity index (χ0n) is 19.6. The van der Waals surface area contributed by atoms with Crippen LogP contribution < -0.4 is 10.1 Å². The molecule has 1 amide bonds. The Labute approximate surface area is 213 Å². The molecule has 0 aliphatic heterocycles. The number of ether oxygens (including phenoxy) is 1. The van der Waals surface area contributed by atoms with E-state index in [1.54, 1.807) is 23.3 Å². The van der Waals surface area contributed by atoms with E-state index in [0.717, 1.165) is 11.1 Å². The highest BCUT2D eigenvalue weighted by atomic mass is 79.9. The van der Waals surface area contributed by atoms with Gasteiger partial charge in [-0.25, -0.2) is 4.98 Å². The van der Waals surface area contributed by atoms with E-state index in [-0.39, 0.29) is 5.91 Å². The van der Waals surface area contributed by atoms with Crippen LogP contribution in [0, 0.1) is 11.3 Å². The topological polar surface area (TPSA) is 76.4 Å². The molecule has 3 aromatic carbocycles. The normalized spacial score (nSPS) is 14.1. The van der Waals surface area contributed by atoms with Gasteiger partial charge in [0.25, 0.3) is 0 Å². The summed E-state index contributed by atoms with van der Waals surface area (Å²) in [7, 11) is 0. The van der Waals surface area contributed by atoms with E-state index in [9.17, 15) is 9.90 Å². The number of imidazole rings is 1. The minimum Gasteiger partial charge on any atom is -0.469 e. The molecule has 0 saturated heterocycles. The summed E-state index contributed by atoms with van der Waals surface area (Å²) >= 11 is 3.30. The number of aromatic nitrogens is 2. The average molecular weight is 534 g/mol. The molecule has 4 aromatic rings. The number of aliphatic hydroxyl groups excluding tert-OH is 1. The van der Waals surface area contributed by atoms with Gasteiger partial charge in [0.2, 0.25) is 5.91 Å². The maximum Gasteiger partial charge on any atom is 0.233 e. The summed E-state index contributed by atoms with van der Waals surface area (Å²) in [6.45, 7) is 3.65. The molecule has 3 atom stereocenters. The van der Waals surface area contributed by atoms with Gasteiger partial charge in [-0.3, -0.25) is 4.79 Å². The van der Waals surface area contributed by atoms with Crippen molar-refractivity contribution in [1.29, 1.82) is 0 Å². The largest absolute Gasteiger partial charge is 0.469 e. The van der Waals surface area contributed by atoms with Gasteiger partial charge in [-0.15, -0.1) is 0 Å². The highest BCUT2D eigenvalue weighted by Gasteiger charge is 2.47. The van der Waals surface area contributed by atoms with Crippen molar-refractivity contribution in [3.63, 3.8) is 0 Å². The molecule has 0 bridgehead atoms. The third-order valence-electron chi connectivity index (χ3n) is 6.06. The van der Waals surface area contributed by atoms with Crippen LogP contribution in [0.5, 0.6) is 5.75 Å². The number of amides is 1. The number of nitrogens with one attached hydrogen (secondary N) is 1. The summed E-state index contributed by atoms with van der Waals surface area (Å²) in [6, 6.07) is 27.1. The van der Waals surface area contributed by atoms with Crippen LogP contribution in [-0.2, 0) is 4.79 Å². The van der Waals surface area contributed by atoms with Gasteiger partial charge < -0.3 is 19.7 Å². The van der Waals surface area contributed by atoms with Gasteiger partial charge >= 0.3 is 0 Å². The Kier molecular flexibility index (Phi) is 7.68. The minimum absolute atomic E-state index is 0.278. The number of aliphatic hydroxyl groups is 1. The fourth-order valence-electron chi connectivity index (χ4n) is 3.94. The first kappa shape index (κ1) is 24.7. The van der Waals surface area contributed by atoms with Crippen LogP contribution in [0.4, 0.5) is 5.69 Å². The van der Waals surface area contributed by atoms with Crippen molar-refractivity contribution in [2.75, 3.05) is 5.32 Å². The summed E-state index contributed by atoms with van der Waals surface area (Å²) in [5, 5.41) is 12.6. The summed E-state index contributed by atoms with van der Waals surface area (Å²) in [6.07, 6.45) is 4.23. The molecule has 3 unspecified atom stereocenters. The van der Waals surface area contributed by atoms with Crippen molar-refractivity contribution < 1.29 is 14.6 Å². The first-order valence-electron chi connectivity index (χ1n) is 11.3. The van der Waals surface area contributed by atoms with Gasteiger partial charge in [0.1, 0.15) is 16.7 Å². The highest BCUT2D eigenvalue weighted by molar-refractivity contribution is 9.09. The second kappa shape index (κ2) is 10.9. The number of carbonyl (C=O) groups excluding carboxylic acids is 1. The van der Waals surface area contributed by atoms with E-state index in [4.69, 9.17) is 4.74 Å². The molecule has 35 heavy (non-hydrogen) atoms. The lowest BCUT2D eigenvalue weighted by Crippen LogP contribution is -2.47. The monoisotopic (exact) mass is 533 g/mol. The van der Waals surface area contributed by atoms with Crippen LogP contribution in [-0.4, -0.2) is 25.6 Å². The SMILES string of the molecule is CC(C)(C(O)Br)C(C(=O)Nc1ccccc1)C(Oc1ccc(-c2ccccc2)cc1)n1ccnc1. The number of alkyl halides is 1. The molecule has 1 heterocycles. The smallest absolute Gasteiger partial charge is 0.233 e. The fourth-order valence-corrected chi connectivity index (χ4v) is 4.23. The number of hydrogen-bond donors (Lipinski definition) is 2. The molecular formula is C28H28BrN3O3. The molecule has 2 N–H and O–H groups in total. The lowest BCUT2D eigenvalue weighted by molar-refractivity contribution is -0.134. The standard InChI is InChI=1S/C28H28BrN3O3/c1-28(2,27(29)34)24(25(33)31-22-11-7-4-8-12-22)26(32-18-17-30-19-32)35-23-15-13-21(14-16-23)20-9-5-3-6-10-20/h3-19,24,26-27,34H,1-2H3,(H,31,33). The molecule has 180 valence electrons. The molecule has 4 rings (SSSR count). The van der Waals surface area contributed by atoms with Crippen molar-refractivity contribution in [1.82, 2.24) is 9.55 Å². The number of carbonyl (C=O) groups is 1. The zero-order valence-corrected chi connectivity index (χ0v) is 21.2. The second-order valence-electron chi connectivity index (χ2n) is 8.90. The van der Waals surface area contributed by atoms with Crippen LogP contribution >= 0.6 is 15.9 Å². The molecule has 0 spiro atoms. The van der Waals surface area contributed by atoms with Gasteiger partial charge in [-0.2, -0.15) is 0 Å². The fraction of sp³-hybridized carbons (Fsp3) is 0.214. The summed E-state index contributed by atoms with van der Waals surface area (Å²) in [5.74, 6) is -0.472. The first-order chi connectivity index (χ1) is 16.9. The Morgan fingerprint density at radius 2 is 1.57 bits per heavy atom. The Bertz CT molecular complexity index is 1210. The number of benzene rings is 3. The number of anilines is 1. The number of hydrogen-bond acceptors (Lipinski definition) is 4. The number of rotatable bonds is 9. The Hall–Kier alpha value is -3.42. The molecule has 1 aromatic heterocycles. The van der Waals surface area contributed by atoms with E-state index in [1.165, 1.54) is 0 Å². The predicted octanol–water partition coefficient (Wildman–Crippen LogP) is 6.12. The number of nitrogens with zero attached hydrogens (tertiary/aromatic N) is 2. The highest BCUT2D eigenvalue weighted by Crippen LogP contribution is 2.42. The average Bonchev–Trinajstić information content (AvgIpc) is 3.40. The van der Waals surface area contributed by atoms with Crippen LogP contribution in [0.15, 0.2) is 104 Å². The van der Waals surface area contributed by atoms with E-state index >= 15 is 0 Å². The molecule has 0 fully saturated rings. The molecule has 0 aliphatic rings. The maximum atomic E-state index is 13.7. The Morgan fingerprint density at radius 3 is 2.14 bits per heavy atom. The minimum atomic E-state index is -0.961. The molecular weight excluding hydrogens is 506 g/mol. The van der Waals surface area contributed by atoms with Gasteiger partial charge in [-0.05, 0) is 35.4 Å². The lowest BCUT2D eigenvalue weighted by Gasteiger charge is -2.39. The van der Waals surface area contributed by atoms with E-state index in [1.807, 2.05) is 98.8 Å². The van der Waals surface area contributed by atoms with E-state index < -0.39 is 22.6 Å².